The maximum Gasteiger partial charge on any atom is 0.349 e. The Labute approximate surface area is 125 Å². The van der Waals surface area contributed by atoms with E-state index in [1.165, 1.54) is 0 Å². The van der Waals surface area contributed by atoms with Gasteiger partial charge in [0.05, 0.1) is 13.2 Å². The van der Waals surface area contributed by atoms with Crippen molar-refractivity contribution in [2.45, 2.75) is 12.5 Å². The van der Waals surface area contributed by atoms with Crippen LogP contribution in [0.4, 0.5) is 5.13 Å². The molecule has 1 N–H and O–H groups in total. The molecule has 2 saturated heterocycles. The first-order chi connectivity index (χ1) is 9.65. The Morgan fingerprint density at radius 2 is 2.15 bits per heavy atom. The van der Waals surface area contributed by atoms with Crippen molar-refractivity contribution in [2.75, 3.05) is 44.3 Å². The number of nitrogens with zero attached hydrogens (tertiary/aromatic N) is 3. The fourth-order valence-corrected chi connectivity index (χ4v) is 3.87. The lowest BCUT2D eigenvalue weighted by Crippen LogP contribution is -2.44. The molecular formula is C12H16ClN3O3S. The van der Waals surface area contributed by atoms with Crippen LogP contribution in [0.1, 0.15) is 16.1 Å². The summed E-state index contributed by atoms with van der Waals surface area (Å²) >= 11 is 7.02. The summed E-state index contributed by atoms with van der Waals surface area (Å²) in [7, 11) is 0. The van der Waals surface area contributed by atoms with Gasteiger partial charge < -0.3 is 14.7 Å². The van der Waals surface area contributed by atoms with Gasteiger partial charge in [0.25, 0.3) is 0 Å². The van der Waals surface area contributed by atoms with Crippen LogP contribution in [-0.2, 0) is 4.74 Å². The fourth-order valence-electron chi connectivity index (χ4n) is 2.71. The average Bonchev–Trinajstić information content (AvgIpc) is 3.06. The minimum Gasteiger partial charge on any atom is -0.477 e. The third kappa shape index (κ3) is 2.76. The number of carbonyl (C=O) groups is 1. The molecule has 1 aromatic heterocycles. The lowest BCUT2D eigenvalue weighted by Gasteiger charge is -2.32. The van der Waals surface area contributed by atoms with Crippen LogP contribution in [0.5, 0.6) is 0 Å². The average molecular weight is 318 g/mol. The van der Waals surface area contributed by atoms with Gasteiger partial charge in [-0.2, -0.15) is 0 Å². The Morgan fingerprint density at radius 1 is 1.40 bits per heavy atom. The van der Waals surface area contributed by atoms with Crippen LogP contribution in [0.3, 0.4) is 0 Å². The van der Waals surface area contributed by atoms with Crippen molar-refractivity contribution in [3.05, 3.63) is 10.0 Å². The molecule has 0 saturated carbocycles. The summed E-state index contributed by atoms with van der Waals surface area (Å²) in [6.45, 7) is 5.30. The van der Waals surface area contributed by atoms with E-state index in [-0.39, 0.29) is 10.0 Å². The van der Waals surface area contributed by atoms with Gasteiger partial charge in [0.1, 0.15) is 0 Å². The van der Waals surface area contributed by atoms with Crippen LogP contribution in [0, 0.1) is 0 Å². The highest BCUT2D eigenvalue weighted by Crippen LogP contribution is 2.32. The number of aromatic nitrogens is 1. The fraction of sp³-hybridized carbons (Fsp3) is 0.667. The van der Waals surface area contributed by atoms with E-state index in [1.807, 2.05) is 0 Å². The number of aromatic carboxylic acids is 1. The largest absolute Gasteiger partial charge is 0.477 e. The number of hydrogen-bond donors (Lipinski definition) is 1. The molecule has 6 nitrogen and oxygen atoms in total. The highest BCUT2D eigenvalue weighted by Gasteiger charge is 2.31. The van der Waals surface area contributed by atoms with Crippen molar-refractivity contribution >= 4 is 34.0 Å². The van der Waals surface area contributed by atoms with Crippen LogP contribution >= 0.6 is 22.9 Å². The summed E-state index contributed by atoms with van der Waals surface area (Å²) in [6, 6.07) is 0.495. The van der Waals surface area contributed by atoms with Gasteiger partial charge in [0, 0.05) is 32.2 Å². The standard InChI is InChI=1S/C12H16ClN3O3S/c13-10-9(11(17)18)20-12(14-10)16-2-1-8(7-16)15-3-5-19-6-4-15/h8H,1-7H2,(H,17,18). The minimum absolute atomic E-state index is 0.0901. The zero-order chi connectivity index (χ0) is 14.1. The van der Waals surface area contributed by atoms with Crippen molar-refractivity contribution in [1.29, 1.82) is 0 Å². The van der Waals surface area contributed by atoms with Crippen molar-refractivity contribution in [1.82, 2.24) is 9.88 Å². The highest BCUT2D eigenvalue weighted by molar-refractivity contribution is 7.18. The molecule has 1 unspecified atom stereocenters. The predicted molar refractivity (Wildman–Crippen MR) is 77.1 cm³/mol. The number of thiazole rings is 1. The zero-order valence-corrected chi connectivity index (χ0v) is 12.5. The van der Waals surface area contributed by atoms with Crippen LogP contribution < -0.4 is 4.90 Å². The summed E-state index contributed by atoms with van der Waals surface area (Å²) in [4.78, 5) is 19.9. The first-order valence-corrected chi connectivity index (χ1v) is 7.81. The molecule has 8 heteroatoms. The lowest BCUT2D eigenvalue weighted by atomic mass is 10.2. The molecule has 1 atom stereocenters. The number of halogens is 1. The predicted octanol–water partition coefficient (Wildman–Crippen LogP) is 1.41. The van der Waals surface area contributed by atoms with E-state index < -0.39 is 5.97 Å². The van der Waals surface area contributed by atoms with Gasteiger partial charge in [-0.1, -0.05) is 22.9 Å². The van der Waals surface area contributed by atoms with Gasteiger partial charge in [0.2, 0.25) is 0 Å². The molecule has 0 aromatic carbocycles. The second kappa shape index (κ2) is 5.85. The Kier molecular flexibility index (Phi) is 4.11. The molecule has 2 fully saturated rings. The molecule has 3 heterocycles. The molecule has 0 radical (unpaired) electrons. The van der Waals surface area contributed by atoms with Crippen LogP contribution in [0.15, 0.2) is 0 Å². The Balaban J connectivity index is 1.67. The SMILES string of the molecule is O=C(O)c1sc(N2CCC(N3CCOCC3)C2)nc1Cl. The summed E-state index contributed by atoms with van der Waals surface area (Å²) < 4.78 is 5.37. The number of morpholine rings is 1. The number of ether oxygens (including phenoxy) is 1. The van der Waals surface area contributed by atoms with Gasteiger partial charge in [-0.25, -0.2) is 9.78 Å². The molecule has 0 bridgehead atoms. The Morgan fingerprint density at radius 3 is 2.80 bits per heavy atom. The number of anilines is 1. The molecule has 0 aliphatic carbocycles. The molecule has 2 aliphatic rings. The van der Waals surface area contributed by atoms with E-state index in [1.54, 1.807) is 0 Å². The number of hydrogen-bond acceptors (Lipinski definition) is 6. The normalized spacial score (nSPS) is 24.2. The highest BCUT2D eigenvalue weighted by atomic mass is 35.5. The van der Waals surface area contributed by atoms with Crippen LogP contribution in [-0.4, -0.2) is 66.4 Å². The molecule has 2 aliphatic heterocycles. The van der Waals surface area contributed by atoms with E-state index in [0.29, 0.717) is 11.2 Å². The maximum atomic E-state index is 11.0. The van der Waals surface area contributed by atoms with Crippen molar-refractivity contribution in [3.8, 4) is 0 Å². The van der Waals surface area contributed by atoms with Crippen molar-refractivity contribution in [3.63, 3.8) is 0 Å². The third-order valence-corrected chi connectivity index (χ3v) is 5.25. The van der Waals surface area contributed by atoms with E-state index in [2.05, 4.69) is 14.8 Å². The van der Waals surface area contributed by atoms with Gasteiger partial charge in [0.15, 0.2) is 15.2 Å². The number of rotatable bonds is 3. The molecule has 0 spiro atoms. The first kappa shape index (κ1) is 14.1. The van der Waals surface area contributed by atoms with E-state index in [0.717, 1.165) is 57.2 Å². The second-order valence-electron chi connectivity index (χ2n) is 4.96. The minimum atomic E-state index is -1.01. The number of carboxylic acid groups (broad SMARTS) is 1. The van der Waals surface area contributed by atoms with E-state index in [9.17, 15) is 4.79 Å². The smallest absolute Gasteiger partial charge is 0.349 e. The van der Waals surface area contributed by atoms with Crippen molar-refractivity contribution in [2.24, 2.45) is 0 Å². The first-order valence-electron chi connectivity index (χ1n) is 6.61. The quantitative estimate of drug-likeness (QED) is 0.909. The molecule has 3 rings (SSSR count). The molecule has 20 heavy (non-hydrogen) atoms. The Bertz CT molecular complexity index is 504. The van der Waals surface area contributed by atoms with Crippen LogP contribution in [0.2, 0.25) is 5.15 Å². The Hall–Kier alpha value is -0.890. The van der Waals surface area contributed by atoms with E-state index in [4.69, 9.17) is 21.4 Å². The maximum absolute atomic E-state index is 11.0. The second-order valence-corrected chi connectivity index (χ2v) is 6.29. The summed E-state index contributed by atoms with van der Waals surface area (Å²) in [5.74, 6) is -1.01. The zero-order valence-electron chi connectivity index (χ0n) is 10.9. The molecule has 110 valence electrons. The van der Waals surface area contributed by atoms with Gasteiger partial charge >= 0.3 is 5.97 Å². The van der Waals surface area contributed by atoms with Crippen LogP contribution in [0.25, 0.3) is 0 Å². The summed E-state index contributed by atoms with van der Waals surface area (Å²) in [5, 5.41) is 9.82. The monoisotopic (exact) mass is 317 g/mol. The summed E-state index contributed by atoms with van der Waals surface area (Å²) in [6.07, 6.45) is 1.07. The van der Waals surface area contributed by atoms with Crippen molar-refractivity contribution < 1.29 is 14.6 Å². The number of carboxylic acids is 1. The molecular weight excluding hydrogens is 302 g/mol. The lowest BCUT2D eigenvalue weighted by molar-refractivity contribution is 0.0209. The van der Waals surface area contributed by atoms with Gasteiger partial charge in [-0.3, -0.25) is 4.90 Å². The van der Waals surface area contributed by atoms with E-state index >= 15 is 0 Å². The van der Waals surface area contributed by atoms with Gasteiger partial charge in [-0.05, 0) is 6.42 Å². The topological polar surface area (TPSA) is 65.9 Å². The molecule has 1 aromatic rings. The summed E-state index contributed by atoms with van der Waals surface area (Å²) in [5.41, 5.74) is 0. The third-order valence-electron chi connectivity index (χ3n) is 3.76. The van der Waals surface area contributed by atoms with Gasteiger partial charge in [-0.15, -0.1) is 0 Å². The molecule has 0 amide bonds.